The van der Waals surface area contributed by atoms with Crippen LogP contribution in [0.3, 0.4) is 0 Å². The van der Waals surface area contributed by atoms with Crippen LogP contribution in [0, 0.1) is 6.92 Å². The van der Waals surface area contributed by atoms with E-state index in [0.717, 1.165) is 0 Å². The van der Waals surface area contributed by atoms with E-state index in [2.05, 4.69) is 10.3 Å². The molecule has 3 rings (SSSR count). The Balaban J connectivity index is 1.72. The van der Waals surface area contributed by atoms with Crippen LogP contribution in [-0.2, 0) is 4.74 Å². The molecule has 1 saturated heterocycles. The van der Waals surface area contributed by atoms with Gasteiger partial charge in [-0.05, 0) is 50.5 Å². The molecule has 148 valence electrons. The van der Waals surface area contributed by atoms with E-state index < -0.39 is 5.91 Å². The predicted octanol–water partition coefficient (Wildman–Crippen LogP) is 1.89. The number of ether oxygens (including phenoxy) is 1. The lowest BCUT2D eigenvalue weighted by Gasteiger charge is -2.31. The van der Waals surface area contributed by atoms with Crippen molar-refractivity contribution in [3.05, 3.63) is 58.3 Å². The molecule has 1 aliphatic rings. The van der Waals surface area contributed by atoms with Crippen molar-refractivity contribution in [2.45, 2.75) is 32.7 Å². The summed E-state index contributed by atoms with van der Waals surface area (Å²) in [6.07, 6.45) is 5.75. The van der Waals surface area contributed by atoms with E-state index in [1.165, 1.54) is 4.57 Å². The van der Waals surface area contributed by atoms with Gasteiger partial charge in [0.1, 0.15) is 5.56 Å². The fourth-order valence-corrected chi connectivity index (χ4v) is 3.28. The number of nitrogens with zero attached hydrogens (tertiary/aromatic N) is 3. The molecular weight excluding hydrogens is 360 g/mol. The quantitative estimate of drug-likeness (QED) is 0.869. The smallest absolute Gasteiger partial charge is 0.409 e. The maximum absolute atomic E-state index is 12.9. The third-order valence-corrected chi connectivity index (χ3v) is 4.81. The highest BCUT2D eigenvalue weighted by atomic mass is 16.6. The number of piperidine rings is 1. The standard InChI is InChI=1S/C20H24N4O4/c1-3-28-20(27)23-10-7-15(8-11-23)22-18(25)17-14(2)6-12-24(19(17)26)16-5-4-9-21-13-16/h4-6,9,12-13,15H,3,7-8,10-11H2,1-2H3,(H,22,25). The summed E-state index contributed by atoms with van der Waals surface area (Å²) in [5.74, 6) is -0.393. The molecule has 2 amide bonds. The van der Waals surface area contributed by atoms with Gasteiger partial charge in [0.05, 0.1) is 18.5 Å². The number of nitrogens with one attached hydrogen (secondary N) is 1. The normalized spacial score (nSPS) is 14.6. The molecule has 0 saturated carbocycles. The van der Waals surface area contributed by atoms with Crippen LogP contribution >= 0.6 is 0 Å². The molecule has 0 spiro atoms. The van der Waals surface area contributed by atoms with Crippen molar-refractivity contribution < 1.29 is 14.3 Å². The zero-order valence-corrected chi connectivity index (χ0v) is 16.1. The molecule has 2 aromatic rings. The largest absolute Gasteiger partial charge is 0.450 e. The van der Waals surface area contributed by atoms with E-state index in [4.69, 9.17) is 4.74 Å². The highest BCUT2D eigenvalue weighted by Gasteiger charge is 2.26. The van der Waals surface area contributed by atoms with Crippen molar-refractivity contribution in [3.8, 4) is 5.69 Å². The average Bonchev–Trinajstić information content (AvgIpc) is 2.69. The molecule has 0 bridgehead atoms. The Morgan fingerprint density at radius 1 is 1.29 bits per heavy atom. The highest BCUT2D eigenvalue weighted by molar-refractivity contribution is 5.95. The van der Waals surface area contributed by atoms with Gasteiger partial charge in [-0.15, -0.1) is 0 Å². The van der Waals surface area contributed by atoms with E-state index in [-0.39, 0.29) is 23.3 Å². The first-order chi connectivity index (χ1) is 13.5. The number of likely N-dealkylation sites (tertiary alicyclic amines) is 1. The molecule has 1 fully saturated rings. The molecular formula is C20H24N4O4. The van der Waals surface area contributed by atoms with Crippen LogP contribution in [0.4, 0.5) is 4.79 Å². The van der Waals surface area contributed by atoms with Crippen molar-refractivity contribution in [1.29, 1.82) is 0 Å². The van der Waals surface area contributed by atoms with Gasteiger partial charge in [0, 0.05) is 31.5 Å². The lowest BCUT2D eigenvalue weighted by molar-refractivity contribution is 0.0858. The summed E-state index contributed by atoms with van der Waals surface area (Å²) in [5.41, 5.74) is 0.963. The first-order valence-corrected chi connectivity index (χ1v) is 9.36. The second kappa shape index (κ2) is 8.69. The number of hydrogen-bond donors (Lipinski definition) is 1. The van der Waals surface area contributed by atoms with Crippen LogP contribution in [0.2, 0.25) is 0 Å². The van der Waals surface area contributed by atoms with Gasteiger partial charge in [0.25, 0.3) is 11.5 Å². The summed E-state index contributed by atoms with van der Waals surface area (Å²) in [6.45, 7) is 4.87. The average molecular weight is 384 g/mol. The van der Waals surface area contributed by atoms with Gasteiger partial charge in [-0.1, -0.05) is 0 Å². The van der Waals surface area contributed by atoms with Gasteiger partial charge < -0.3 is 15.0 Å². The molecule has 0 unspecified atom stereocenters. The Morgan fingerprint density at radius 3 is 2.68 bits per heavy atom. The fourth-order valence-electron chi connectivity index (χ4n) is 3.28. The van der Waals surface area contributed by atoms with Crippen molar-refractivity contribution in [1.82, 2.24) is 19.8 Å². The Morgan fingerprint density at radius 2 is 2.04 bits per heavy atom. The van der Waals surface area contributed by atoms with E-state index in [0.29, 0.717) is 43.8 Å². The summed E-state index contributed by atoms with van der Waals surface area (Å²) in [4.78, 5) is 43.1. The second-order valence-electron chi connectivity index (χ2n) is 6.69. The van der Waals surface area contributed by atoms with E-state index >= 15 is 0 Å². The maximum Gasteiger partial charge on any atom is 0.409 e. The zero-order chi connectivity index (χ0) is 20.1. The number of amides is 2. The van der Waals surface area contributed by atoms with E-state index in [9.17, 15) is 14.4 Å². The topological polar surface area (TPSA) is 93.5 Å². The van der Waals surface area contributed by atoms with Gasteiger partial charge in [-0.25, -0.2) is 4.79 Å². The maximum atomic E-state index is 12.9. The molecule has 1 aliphatic heterocycles. The van der Waals surface area contributed by atoms with E-state index in [1.807, 2.05) is 0 Å². The summed E-state index contributed by atoms with van der Waals surface area (Å²) in [5, 5.41) is 2.94. The number of aryl methyl sites for hydroxylation is 1. The number of aromatic nitrogens is 2. The van der Waals surface area contributed by atoms with Crippen LogP contribution in [-0.4, -0.2) is 52.2 Å². The number of pyridine rings is 2. The summed E-state index contributed by atoms with van der Waals surface area (Å²) >= 11 is 0. The Labute approximate surface area is 163 Å². The third kappa shape index (κ3) is 4.21. The monoisotopic (exact) mass is 384 g/mol. The van der Waals surface area contributed by atoms with Crippen molar-refractivity contribution in [2.24, 2.45) is 0 Å². The molecule has 2 aromatic heterocycles. The molecule has 8 nitrogen and oxygen atoms in total. The van der Waals surface area contributed by atoms with Crippen LogP contribution in [0.15, 0.2) is 41.6 Å². The van der Waals surface area contributed by atoms with E-state index in [1.54, 1.807) is 55.5 Å². The van der Waals surface area contributed by atoms with Crippen molar-refractivity contribution in [3.63, 3.8) is 0 Å². The minimum atomic E-state index is -0.393. The van der Waals surface area contributed by atoms with Gasteiger partial charge >= 0.3 is 6.09 Å². The number of carbonyl (C=O) groups excluding carboxylic acids is 2. The SMILES string of the molecule is CCOC(=O)N1CCC(NC(=O)c2c(C)ccn(-c3cccnc3)c2=O)CC1. The molecule has 28 heavy (non-hydrogen) atoms. The lowest BCUT2D eigenvalue weighted by Crippen LogP contribution is -2.47. The van der Waals surface area contributed by atoms with Gasteiger partial charge in [0.15, 0.2) is 0 Å². The zero-order valence-electron chi connectivity index (χ0n) is 16.1. The van der Waals surface area contributed by atoms with Crippen LogP contribution in [0.1, 0.15) is 35.7 Å². The minimum absolute atomic E-state index is 0.0935. The molecule has 0 radical (unpaired) electrons. The molecule has 0 aromatic carbocycles. The number of rotatable bonds is 4. The van der Waals surface area contributed by atoms with Crippen molar-refractivity contribution >= 4 is 12.0 Å². The fraction of sp³-hybridized carbons (Fsp3) is 0.400. The molecule has 3 heterocycles. The van der Waals surface area contributed by atoms with Gasteiger partial charge in [-0.2, -0.15) is 0 Å². The first kappa shape index (κ1) is 19.6. The summed E-state index contributed by atoms with van der Waals surface area (Å²) in [7, 11) is 0. The van der Waals surface area contributed by atoms with Crippen LogP contribution in [0.5, 0.6) is 0 Å². The first-order valence-electron chi connectivity index (χ1n) is 9.36. The molecule has 0 atom stereocenters. The summed E-state index contributed by atoms with van der Waals surface area (Å²) in [6, 6.07) is 5.14. The van der Waals surface area contributed by atoms with Crippen LogP contribution in [0.25, 0.3) is 5.69 Å². The van der Waals surface area contributed by atoms with Gasteiger partial charge in [0.2, 0.25) is 0 Å². The van der Waals surface area contributed by atoms with Gasteiger partial charge in [-0.3, -0.25) is 19.1 Å². The molecule has 8 heteroatoms. The molecule has 0 aliphatic carbocycles. The Bertz CT molecular complexity index is 902. The number of hydrogen-bond acceptors (Lipinski definition) is 5. The highest BCUT2D eigenvalue weighted by Crippen LogP contribution is 2.13. The summed E-state index contributed by atoms with van der Waals surface area (Å²) < 4.78 is 6.42. The van der Waals surface area contributed by atoms with Crippen molar-refractivity contribution in [2.75, 3.05) is 19.7 Å². The lowest BCUT2D eigenvalue weighted by atomic mass is 10.0. The number of carbonyl (C=O) groups is 2. The third-order valence-electron chi connectivity index (χ3n) is 4.81. The Hall–Kier alpha value is -3.16. The van der Waals surface area contributed by atoms with Crippen LogP contribution < -0.4 is 10.9 Å². The molecule has 1 N–H and O–H groups in total. The Kier molecular flexibility index (Phi) is 6.08. The second-order valence-corrected chi connectivity index (χ2v) is 6.69. The predicted molar refractivity (Wildman–Crippen MR) is 104 cm³/mol. The minimum Gasteiger partial charge on any atom is -0.450 e.